The molecule has 2 bridgehead atoms. The topological polar surface area (TPSA) is 104 Å². The fraction of sp³-hybridized carbons (Fsp3) is 0.500. The van der Waals surface area contributed by atoms with Gasteiger partial charge in [-0.25, -0.2) is 4.98 Å². The number of amides is 1. The Hall–Kier alpha value is -2.41. The highest BCUT2D eigenvalue weighted by Crippen LogP contribution is 2.37. The van der Waals surface area contributed by atoms with E-state index in [9.17, 15) is 9.59 Å². The predicted octanol–water partition coefficient (Wildman–Crippen LogP) is 1.66. The zero-order valence-electron chi connectivity index (χ0n) is 14.3. The molecule has 2 aliphatic rings. The third-order valence-corrected chi connectivity index (χ3v) is 5.49. The lowest BCUT2D eigenvalue weighted by molar-refractivity contribution is -0.119. The Balaban J connectivity index is 1.59. The van der Waals surface area contributed by atoms with Crippen molar-refractivity contribution in [3.8, 4) is 0 Å². The molecule has 2 aromatic rings. The highest BCUT2D eigenvalue weighted by molar-refractivity contribution is 6.05. The number of anilines is 1. The molecule has 0 radical (unpaired) electrons. The van der Waals surface area contributed by atoms with Gasteiger partial charge in [-0.2, -0.15) is 0 Å². The molecule has 0 saturated carbocycles. The molecule has 132 valence electrons. The molecule has 25 heavy (non-hydrogen) atoms. The maximum absolute atomic E-state index is 11.8. The number of hydrogen-bond donors (Lipinski definition) is 3. The molecule has 2 fully saturated rings. The number of primary amides is 1. The quantitative estimate of drug-likeness (QED) is 0.767. The average molecular weight is 341 g/mol. The van der Waals surface area contributed by atoms with Crippen LogP contribution >= 0.6 is 0 Å². The van der Waals surface area contributed by atoms with Crippen LogP contribution in [0.4, 0.5) is 5.69 Å². The van der Waals surface area contributed by atoms with E-state index in [-0.39, 0.29) is 11.8 Å². The number of hydrogen-bond acceptors (Lipinski definition) is 5. The summed E-state index contributed by atoms with van der Waals surface area (Å²) >= 11 is 0. The molecule has 0 spiro atoms. The summed E-state index contributed by atoms with van der Waals surface area (Å²) in [4.78, 5) is 33.0. The van der Waals surface area contributed by atoms with E-state index in [0.29, 0.717) is 24.2 Å². The summed E-state index contributed by atoms with van der Waals surface area (Å²) in [6, 6.07) is 3.04. The monoisotopic (exact) mass is 341 g/mol. The Morgan fingerprint density at radius 3 is 2.72 bits per heavy atom. The van der Waals surface area contributed by atoms with Crippen LogP contribution < -0.4 is 11.1 Å². The van der Waals surface area contributed by atoms with Gasteiger partial charge in [0.25, 0.3) is 5.91 Å². The maximum atomic E-state index is 11.8. The summed E-state index contributed by atoms with van der Waals surface area (Å²) in [5, 5.41) is 4.45. The van der Waals surface area contributed by atoms with Crippen molar-refractivity contribution in [1.29, 1.82) is 0 Å². The molecular weight excluding hydrogens is 318 g/mol. The van der Waals surface area contributed by atoms with Gasteiger partial charge in [0.1, 0.15) is 11.4 Å². The average Bonchev–Trinajstić information content (AvgIpc) is 3.10. The third kappa shape index (κ3) is 2.89. The largest absolute Gasteiger partial charge is 0.381 e. The number of carbonyl (C=O) groups is 2. The number of aromatic amines is 1. The number of fused-ring (bicyclic) bond motifs is 3. The minimum atomic E-state index is -0.477. The number of carbonyl (C=O) groups excluding carboxylic acids is 2. The first-order valence-electron chi connectivity index (χ1n) is 8.80. The fourth-order valence-corrected chi connectivity index (χ4v) is 4.46. The lowest BCUT2D eigenvalue weighted by Crippen LogP contribution is -2.48. The molecule has 2 aromatic heterocycles. The van der Waals surface area contributed by atoms with Crippen LogP contribution in [-0.2, 0) is 4.79 Å². The maximum Gasteiger partial charge on any atom is 0.252 e. The van der Waals surface area contributed by atoms with Crippen LogP contribution in [0.5, 0.6) is 0 Å². The second kappa shape index (κ2) is 6.15. The summed E-state index contributed by atoms with van der Waals surface area (Å²) in [7, 11) is 0. The first kappa shape index (κ1) is 16.1. The van der Waals surface area contributed by atoms with Crippen LogP contribution in [0.1, 0.15) is 43.0 Å². The summed E-state index contributed by atoms with van der Waals surface area (Å²) in [6.07, 6.45) is 7.55. The van der Waals surface area contributed by atoms with Gasteiger partial charge in [-0.15, -0.1) is 0 Å². The molecule has 4 N–H and O–H groups in total. The lowest BCUT2D eigenvalue weighted by atomic mass is 9.96. The number of nitrogens with one attached hydrogen (secondary N) is 2. The highest BCUT2D eigenvalue weighted by atomic mass is 16.1. The number of nitrogens with two attached hydrogens (primary N) is 1. The molecule has 3 atom stereocenters. The first-order chi connectivity index (χ1) is 12.0. The number of pyridine rings is 1. The molecule has 7 nitrogen and oxygen atoms in total. The summed E-state index contributed by atoms with van der Waals surface area (Å²) in [5.74, 6) is -0.252. The molecule has 4 heterocycles. The van der Waals surface area contributed by atoms with Crippen molar-refractivity contribution < 1.29 is 9.59 Å². The second-order valence-electron chi connectivity index (χ2n) is 7.22. The number of aromatic nitrogens is 2. The molecule has 4 rings (SSSR count). The highest BCUT2D eigenvalue weighted by Gasteiger charge is 2.41. The Kier molecular flexibility index (Phi) is 3.95. The summed E-state index contributed by atoms with van der Waals surface area (Å²) < 4.78 is 0. The number of rotatable bonds is 5. The van der Waals surface area contributed by atoms with E-state index in [1.807, 2.05) is 12.3 Å². The van der Waals surface area contributed by atoms with Crippen LogP contribution in [-0.4, -0.2) is 51.2 Å². The van der Waals surface area contributed by atoms with E-state index >= 15 is 0 Å². The number of Topliss-reactive ketones (excluding diaryl/α,β-unsaturated/α-hetero) is 1. The molecule has 7 heteroatoms. The molecule has 1 amide bonds. The number of nitrogens with zero attached hydrogens (tertiary/aromatic N) is 2. The van der Waals surface area contributed by atoms with Crippen molar-refractivity contribution in [1.82, 2.24) is 14.9 Å². The van der Waals surface area contributed by atoms with Crippen LogP contribution in [0.15, 0.2) is 18.5 Å². The summed E-state index contributed by atoms with van der Waals surface area (Å²) in [5.41, 5.74) is 7.48. The van der Waals surface area contributed by atoms with Crippen molar-refractivity contribution in [2.45, 2.75) is 50.7 Å². The molecular formula is C18H23N5O2. The van der Waals surface area contributed by atoms with Crippen LogP contribution in [0.2, 0.25) is 0 Å². The number of piperidine rings is 1. The van der Waals surface area contributed by atoms with Gasteiger partial charge in [-0.1, -0.05) is 0 Å². The van der Waals surface area contributed by atoms with Gasteiger partial charge in [0.2, 0.25) is 0 Å². The normalized spacial score (nSPS) is 26.0. The van der Waals surface area contributed by atoms with Gasteiger partial charge >= 0.3 is 0 Å². The molecule has 0 aliphatic carbocycles. The molecule has 2 aliphatic heterocycles. The van der Waals surface area contributed by atoms with E-state index in [4.69, 9.17) is 5.73 Å². The zero-order valence-corrected chi connectivity index (χ0v) is 14.3. The van der Waals surface area contributed by atoms with Gasteiger partial charge < -0.3 is 16.0 Å². The first-order valence-corrected chi connectivity index (χ1v) is 8.80. The van der Waals surface area contributed by atoms with E-state index in [1.165, 1.54) is 6.20 Å². The van der Waals surface area contributed by atoms with E-state index < -0.39 is 5.91 Å². The predicted molar refractivity (Wildman–Crippen MR) is 95.5 cm³/mol. The second-order valence-corrected chi connectivity index (χ2v) is 7.22. The number of H-pyrrole nitrogens is 1. The van der Waals surface area contributed by atoms with Crippen molar-refractivity contribution in [3.63, 3.8) is 0 Å². The SMILES string of the molecule is CC(=O)CN1[C@@H]2CC[C@H]1C[C@H](Nc1c(C(N)=O)cnc3[nH]ccc13)C2. The Morgan fingerprint density at radius 1 is 1.36 bits per heavy atom. The van der Waals surface area contributed by atoms with E-state index in [1.54, 1.807) is 6.92 Å². The van der Waals surface area contributed by atoms with Crippen LogP contribution in [0, 0.1) is 0 Å². The lowest BCUT2D eigenvalue weighted by Gasteiger charge is -2.39. The Bertz CT molecular complexity index is 816. The standard InChI is InChI=1S/C18H23N5O2/c1-10(24)9-23-12-2-3-13(23)7-11(6-12)22-16-14-4-5-20-18(14)21-8-15(16)17(19)25/h4-5,8,11-13H,2-3,6-7,9H2,1H3,(H2,19,25)(H2,20,21,22)/t11-,12-,13+. The van der Waals surface area contributed by atoms with Gasteiger partial charge in [0.15, 0.2) is 0 Å². The van der Waals surface area contributed by atoms with Crippen molar-refractivity contribution >= 4 is 28.4 Å². The van der Waals surface area contributed by atoms with Crippen molar-refractivity contribution in [2.24, 2.45) is 5.73 Å². The Labute approximate surface area is 146 Å². The van der Waals surface area contributed by atoms with Crippen LogP contribution in [0.25, 0.3) is 11.0 Å². The van der Waals surface area contributed by atoms with E-state index in [2.05, 4.69) is 20.2 Å². The van der Waals surface area contributed by atoms with Gasteiger partial charge in [0.05, 0.1) is 17.8 Å². The van der Waals surface area contributed by atoms with Crippen LogP contribution in [0.3, 0.4) is 0 Å². The fourth-order valence-electron chi connectivity index (χ4n) is 4.46. The molecule has 2 saturated heterocycles. The molecule has 0 aromatic carbocycles. The van der Waals surface area contributed by atoms with Gasteiger partial charge in [0, 0.05) is 35.9 Å². The zero-order chi connectivity index (χ0) is 17.6. The Morgan fingerprint density at radius 2 is 2.08 bits per heavy atom. The number of ketones is 1. The van der Waals surface area contributed by atoms with E-state index in [0.717, 1.165) is 42.4 Å². The minimum Gasteiger partial charge on any atom is -0.381 e. The van der Waals surface area contributed by atoms with Gasteiger partial charge in [-0.05, 0) is 38.7 Å². The third-order valence-electron chi connectivity index (χ3n) is 5.49. The van der Waals surface area contributed by atoms with Crippen molar-refractivity contribution in [3.05, 3.63) is 24.0 Å². The molecule has 0 unspecified atom stereocenters. The van der Waals surface area contributed by atoms with Gasteiger partial charge in [-0.3, -0.25) is 14.5 Å². The minimum absolute atomic E-state index is 0.225. The summed E-state index contributed by atoms with van der Waals surface area (Å²) in [6.45, 7) is 2.20. The van der Waals surface area contributed by atoms with Crippen molar-refractivity contribution in [2.75, 3.05) is 11.9 Å². The smallest absolute Gasteiger partial charge is 0.252 e.